The first-order valence-electron chi connectivity index (χ1n) is 9.06. The number of nitrogens with zero attached hydrogens (tertiary/aromatic N) is 2. The van der Waals surface area contributed by atoms with E-state index in [1.54, 1.807) is 13.4 Å². The van der Waals surface area contributed by atoms with Gasteiger partial charge in [-0.05, 0) is 43.7 Å². The highest BCUT2D eigenvalue weighted by atomic mass is 16.5. The van der Waals surface area contributed by atoms with Gasteiger partial charge in [-0.3, -0.25) is 4.79 Å². The Morgan fingerprint density at radius 3 is 3.00 bits per heavy atom. The van der Waals surface area contributed by atoms with Crippen LogP contribution in [0.3, 0.4) is 0 Å². The van der Waals surface area contributed by atoms with Gasteiger partial charge >= 0.3 is 0 Å². The van der Waals surface area contributed by atoms with E-state index in [1.807, 2.05) is 48.2 Å². The minimum atomic E-state index is 0.0673. The zero-order chi connectivity index (χ0) is 18.8. The van der Waals surface area contributed by atoms with Gasteiger partial charge in [0.2, 0.25) is 11.8 Å². The molecule has 1 saturated heterocycles. The Bertz CT molecular complexity index is 930. The first-order chi connectivity index (χ1) is 13.1. The van der Waals surface area contributed by atoms with Crippen molar-refractivity contribution in [1.29, 1.82) is 0 Å². The molecule has 1 aromatic carbocycles. The molecule has 27 heavy (non-hydrogen) atoms. The minimum absolute atomic E-state index is 0.0673. The van der Waals surface area contributed by atoms with Crippen molar-refractivity contribution in [3.05, 3.63) is 59.9 Å². The zero-order valence-corrected chi connectivity index (χ0v) is 15.5. The Balaban J connectivity index is 1.45. The number of carbonyl (C=O) groups excluding carboxylic acids is 1. The van der Waals surface area contributed by atoms with Crippen molar-refractivity contribution in [2.24, 2.45) is 0 Å². The molecule has 0 saturated carbocycles. The number of hydrogen-bond donors (Lipinski definition) is 0. The number of benzene rings is 1. The predicted octanol–water partition coefficient (Wildman–Crippen LogP) is 3.81. The van der Waals surface area contributed by atoms with E-state index in [9.17, 15) is 4.79 Å². The van der Waals surface area contributed by atoms with Gasteiger partial charge in [0.1, 0.15) is 17.3 Å². The fraction of sp³-hybridized carbons (Fsp3) is 0.333. The molecule has 1 fully saturated rings. The topological polar surface area (TPSA) is 68.7 Å². The van der Waals surface area contributed by atoms with Crippen LogP contribution in [0.25, 0.3) is 11.5 Å². The van der Waals surface area contributed by atoms with Crippen LogP contribution in [0.4, 0.5) is 0 Å². The first kappa shape index (κ1) is 17.4. The van der Waals surface area contributed by atoms with E-state index in [0.29, 0.717) is 23.9 Å². The Hall–Kier alpha value is -3.02. The lowest BCUT2D eigenvalue weighted by molar-refractivity contribution is -0.129. The summed E-state index contributed by atoms with van der Waals surface area (Å²) in [5, 5.41) is 0. The number of amides is 1. The van der Waals surface area contributed by atoms with E-state index in [4.69, 9.17) is 13.6 Å². The van der Waals surface area contributed by atoms with Gasteiger partial charge in [0, 0.05) is 24.6 Å². The normalized spacial score (nSPS) is 16.7. The van der Waals surface area contributed by atoms with Gasteiger partial charge in [-0.25, -0.2) is 4.98 Å². The van der Waals surface area contributed by atoms with Gasteiger partial charge in [0.25, 0.3) is 0 Å². The average Bonchev–Trinajstić information content (AvgIpc) is 3.43. The van der Waals surface area contributed by atoms with E-state index in [2.05, 4.69) is 4.98 Å². The molecule has 1 unspecified atom stereocenters. The monoisotopic (exact) mass is 366 g/mol. The maximum absolute atomic E-state index is 12.7. The van der Waals surface area contributed by atoms with Crippen LogP contribution >= 0.6 is 0 Å². The van der Waals surface area contributed by atoms with Crippen LogP contribution in [-0.4, -0.2) is 36.0 Å². The summed E-state index contributed by atoms with van der Waals surface area (Å²) < 4.78 is 16.5. The van der Waals surface area contributed by atoms with E-state index in [0.717, 1.165) is 30.0 Å². The van der Waals surface area contributed by atoms with Crippen LogP contribution in [0.15, 0.2) is 51.5 Å². The number of aromatic nitrogens is 1. The minimum Gasteiger partial charge on any atom is -0.497 e. The lowest BCUT2D eigenvalue weighted by atomic mass is 10.1. The quantitative estimate of drug-likeness (QED) is 0.687. The number of methoxy groups -OCH3 is 1. The second-order valence-corrected chi connectivity index (χ2v) is 6.77. The lowest BCUT2D eigenvalue weighted by Crippen LogP contribution is -2.30. The second-order valence-electron chi connectivity index (χ2n) is 6.77. The van der Waals surface area contributed by atoms with Gasteiger partial charge in [0.15, 0.2) is 0 Å². The van der Waals surface area contributed by atoms with Gasteiger partial charge < -0.3 is 18.5 Å². The smallest absolute Gasteiger partial charge is 0.228 e. The fourth-order valence-corrected chi connectivity index (χ4v) is 3.47. The molecule has 1 aliphatic rings. The van der Waals surface area contributed by atoms with E-state index in [1.165, 1.54) is 0 Å². The van der Waals surface area contributed by atoms with Gasteiger partial charge in [-0.2, -0.15) is 0 Å². The van der Waals surface area contributed by atoms with Crippen LogP contribution in [-0.2, 0) is 11.2 Å². The average molecular weight is 366 g/mol. The number of oxazole rings is 1. The van der Waals surface area contributed by atoms with E-state index in [-0.39, 0.29) is 18.2 Å². The molecule has 0 N–H and O–H groups in total. The van der Waals surface area contributed by atoms with Crippen molar-refractivity contribution in [1.82, 2.24) is 9.88 Å². The fourth-order valence-electron chi connectivity index (χ4n) is 3.47. The van der Waals surface area contributed by atoms with Gasteiger partial charge in [-0.15, -0.1) is 0 Å². The number of rotatable bonds is 5. The summed E-state index contributed by atoms with van der Waals surface area (Å²) in [5.41, 5.74) is 1.51. The second kappa shape index (κ2) is 7.31. The highest BCUT2D eigenvalue weighted by Crippen LogP contribution is 2.29. The molecule has 1 amide bonds. The predicted molar refractivity (Wildman–Crippen MR) is 99.6 cm³/mol. The zero-order valence-electron chi connectivity index (χ0n) is 15.5. The molecule has 1 atom stereocenters. The SMILES string of the molecule is COc1cccc(-c2nc(CC(=O)N3CCC(c4ccco4)C3)c(C)o2)c1. The molecule has 4 rings (SSSR count). The lowest BCUT2D eigenvalue weighted by Gasteiger charge is -2.15. The van der Waals surface area contributed by atoms with Gasteiger partial charge in [0.05, 0.1) is 25.5 Å². The third-order valence-corrected chi connectivity index (χ3v) is 5.01. The highest BCUT2D eigenvalue weighted by Gasteiger charge is 2.29. The highest BCUT2D eigenvalue weighted by molar-refractivity contribution is 5.79. The maximum Gasteiger partial charge on any atom is 0.228 e. The number of hydrogen-bond acceptors (Lipinski definition) is 5. The molecule has 1 aliphatic heterocycles. The molecular formula is C21H22N2O4. The van der Waals surface area contributed by atoms with Crippen molar-refractivity contribution < 1.29 is 18.4 Å². The first-order valence-corrected chi connectivity index (χ1v) is 9.06. The Morgan fingerprint density at radius 2 is 2.22 bits per heavy atom. The number of aryl methyl sites for hydroxylation is 1. The number of furan rings is 1. The number of likely N-dealkylation sites (tertiary alicyclic amines) is 1. The van der Waals surface area contributed by atoms with Crippen LogP contribution in [0.2, 0.25) is 0 Å². The largest absolute Gasteiger partial charge is 0.497 e. The standard InChI is InChI=1S/C21H22N2O4/c1-14-18(22-21(27-14)15-5-3-6-17(11-15)25-2)12-20(24)23-9-8-16(13-23)19-7-4-10-26-19/h3-7,10-11,16H,8-9,12-13H2,1-2H3. The maximum atomic E-state index is 12.7. The Kier molecular flexibility index (Phi) is 4.71. The molecule has 3 heterocycles. The molecule has 6 nitrogen and oxygen atoms in total. The van der Waals surface area contributed by atoms with Crippen molar-refractivity contribution in [3.63, 3.8) is 0 Å². The van der Waals surface area contributed by atoms with Crippen molar-refractivity contribution in [3.8, 4) is 17.2 Å². The number of ether oxygens (including phenoxy) is 1. The van der Waals surface area contributed by atoms with Crippen LogP contribution in [0.5, 0.6) is 5.75 Å². The molecular weight excluding hydrogens is 344 g/mol. The van der Waals surface area contributed by atoms with Crippen molar-refractivity contribution in [2.75, 3.05) is 20.2 Å². The van der Waals surface area contributed by atoms with Gasteiger partial charge in [-0.1, -0.05) is 6.07 Å². The summed E-state index contributed by atoms with van der Waals surface area (Å²) in [5.74, 6) is 3.20. The molecule has 140 valence electrons. The van der Waals surface area contributed by atoms with Crippen LogP contribution < -0.4 is 4.74 Å². The van der Waals surface area contributed by atoms with E-state index < -0.39 is 0 Å². The summed E-state index contributed by atoms with van der Waals surface area (Å²) in [6, 6.07) is 11.4. The molecule has 3 aromatic rings. The molecule has 0 bridgehead atoms. The summed E-state index contributed by atoms with van der Waals surface area (Å²) >= 11 is 0. The third-order valence-electron chi connectivity index (χ3n) is 5.01. The summed E-state index contributed by atoms with van der Waals surface area (Å²) in [6.45, 7) is 3.27. The number of carbonyl (C=O) groups is 1. The molecule has 6 heteroatoms. The Labute approximate surface area is 157 Å². The van der Waals surface area contributed by atoms with Crippen LogP contribution in [0, 0.1) is 6.92 Å². The van der Waals surface area contributed by atoms with E-state index >= 15 is 0 Å². The molecule has 2 aromatic heterocycles. The molecule has 0 aliphatic carbocycles. The summed E-state index contributed by atoms with van der Waals surface area (Å²) in [7, 11) is 1.62. The summed E-state index contributed by atoms with van der Waals surface area (Å²) in [6.07, 6.45) is 2.84. The Morgan fingerprint density at radius 1 is 1.33 bits per heavy atom. The van der Waals surface area contributed by atoms with Crippen molar-refractivity contribution in [2.45, 2.75) is 25.7 Å². The molecule has 0 radical (unpaired) electrons. The third kappa shape index (κ3) is 3.60. The molecule has 0 spiro atoms. The summed E-state index contributed by atoms with van der Waals surface area (Å²) in [4.78, 5) is 19.2. The van der Waals surface area contributed by atoms with Crippen molar-refractivity contribution >= 4 is 5.91 Å². The van der Waals surface area contributed by atoms with Crippen LogP contribution in [0.1, 0.15) is 29.6 Å².